The minimum absolute atomic E-state index is 0.267. The highest BCUT2D eigenvalue weighted by atomic mass is 79.9. The summed E-state index contributed by atoms with van der Waals surface area (Å²) in [7, 11) is 0. The Kier molecular flexibility index (Phi) is 10.8. The molecule has 0 amide bonds. The Balaban J connectivity index is 2.38. The average molecular weight is 481 g/mol. The zero-order chi connectivity index (χ0) is 21.1. The van der Waals surface area contributed by atoms with Crippen LogP contribution in [0, 0.1) is 0 Å². The maximum Gasteiger partial charge on any atom is 0.262 e. The molecule has 0 saturated carbocycles. The summed E-state index contributed by atoms with van der Waals surface area (Å²) in [6.45, 7) is 8.99. The Bertz CT molecular complexity index is 717. The molecule has 2 rings (SSSR count). The third-order valence-corrected chi connectivity index (χ3v) is 5.96. The maximum absolute atomic E-state index is 6.18. The quantitative estimate of drug-likeness (QED) is 0.119. The minimum atomic E-state index is 0.267. The standard InChI is InChI=1S/C24H34BrNO2S/c1-4-6-7-11-19-16-21(27-5-2)23(20-12-8-10-18(3)15-20)22(17-19)28-24(29)26-14-9-13-25/h5,15-17,20H,2,4,6-14H2,1,3H3,(H,26,29)/t20-/m0/s1. The lowest BCUT2D eigenvalue weighted by atomic mass is 9.84. The smallest absolute Gasteiger partial charge is 0.262 e. The summed E-state index contributed by atoms with van der Waals surface area (Å²) >= 11 is 8.91. The van der Waals surface area contributed by atoms with Gasteiger partial charge in [-0.25, -0.2) is 0 Å². The second-order valence-corrected chi connectivity index (χ2v) is 8.78. The number of thiocarbonyl (C=S) groups is 1. The zero-order valence-corrected chi connectivity index (χ0v) is 20.2. The number of nitrogens with one attached hydrogen (secondary N) is 1. The van der Waals surface area contributed by atoms with Crippen molar-refractivity contribution in [1.29, 1.82) is 0 Å². The Labute approximate surface area is 190 Å². The molecule has 160 valence electrons. The molecule has 0 bridgehead atoms. The molecule has 1 aliphatic rings. The summed E-state index contributed by atoms with van der Waals surface area (Å²) < 4.78 is 12.1. The largest absolute Gasteiger partial charge is 0.465 e. The van der Waals surface area contributed by atoms with Gasteiger partial charge in [0.25, 0.3) is 5.17 Å². The number of hydrogen-bond donors (Lipinski definition) is 1. The van der Waals surface area contributed by atoms with Crippen LogP contribution in [0.15, 0.2) is 36.6 Å². The molecule has 0 aromatic heterocycles. The van der Waals surface area contributed by atoms with Gasteiger partial charge in [-0.2, -0.15) is 0 Å². The van der Waals surface area contributed by atoms with Gasteiger partial charge in [-0.3, -0.25) is 0 Å². The van der Waals surface area contributed by atoms with Crippen molar-refractivity contribution in [2.75, 3.05) is 11.9 Å². The first-order valence-corrected chi connectivity index (χ1v) is 12.2. The number of allylic oxidation sites excluding steroid dienone is 2. The lowest BCUT2D eigenvalue weighted by Crippen LogP contribution is -2.28. The third-order valence-electron chi connectivity index (χ3n) is 5.17. The van der Waals surface area contributed by atoms with E-state index in [-0.39, 0.29) is 5.92 Å². The minimum Gasteiger partial charge on any atom is -0.465 e. The normalized spacial score (nSPS) is 16.1. The zero-order valence-electron chi connectivity index (χ0n) is 17.8. The fourth-order valence-corrected chi connectivity index (χ4v) is 4.22. The molecule has 0 radical (unpaired) electrons. The van der Waals surface area contributed by atoms with E-state index in [4.69, 9.17) is 21.7 Å². The van der Waals surface area contributed by atoms with E-state index in [1.54, 1.807) is 0 Å². The third kappa shape index (κ3) is 7.78. The predicted octanol–water partition coefficient (Wildman–Crippen LogP) is 7.19. The highest BCUT2D eigenvalue weighted by Gasteiger charge is 2.24. The van der Waals surface area contributed by atoms with Crippen molar-refractivity contribution in [3.05, 3.63) is 47.7 Å². The van der Waals surface area contributed by atoms with Crippen LogP contribution >= 0.6 is 28.1 Å². The molecule has 1 aromatic rings. The van der Waals surface area contributed by atoms with Gasteiger partial charge in [0.2, 0.25) is 0 Å². The number of halogens is 1. The first kappa shape index (κ1) is 23.9. The lowest BCUT2D eigenvalue weighted by molar-refractivity contribution is 0.453. The van der Waals surface area contributed by atoms with Crippen LogP contribution in [0.4, 0.5) is 0 Å². The van der Waals surface area contributed by atoms with Crippen molar-refractivity contribution < 1.29 is 9.47 Å². The van der Waals surface area contributed by atoms with Crippen LogP contribution in [0.2, 0.25) is 0 Å². The van der Waals surface area contributed by atoms with Crippen LogP contribution in [0.3, 0.4) is 0 Å². The van der Waals surface area contributed by atoms with E-state index in [0.717, 1.165) is 61.0 Å². The van der Waals surface area contributed by atoms with Crippen molar-refractivity contribution >= 4 is 33.3 Å². The fourth-order valence-electron chi connectivity index (χ4n) is 3.75. The van der Waals surface area contributed by atoms with Crippen molar-refractivity contribution in [2.45, 2.75) is 71.1 Å². The molecule has 3 nitrogen and oxygen atoms in total. The lowest BCUT2D eigenvalue weighted by Gasteiger charge is -2.25. The second kappa shape index (κ2) is 13.1. The van der Waals surface area contributed by atoms with Gasteiger partial charge in [0, 0.05) is 23.4 Å². The molecule has 29 heavy (non-hydrogen) atoms. The van der Waals surface area contributed by atoms with Gasteiger partial charge < -0.3 is 14.8 Å². The van der Waals surface area contributed by atoms with Crippen molar-refractivity contribution in [1.82, 2.24) is 5.32 Å². The number of aryl methyl sites for hydroxylation is 1. The van der Waals surface area contributed by atoms with Crippen LogP contribution < -0.4 is 14.8 Å². The van der Waals surface area contributed by atoms with Gasteiger partial charge in [0.15, 0.2) is 0 Å². The molecule has 1 atom stereocenters. The molecule has 0 heterocycles. The Morgan fingerprint density at radius 1 is 1.31 bits per heavy atom. The van der Waals surface area contributed by atoms with Crippen LogP contribution in [-0.4, -0.2) is 17.0 Å². The van der Waals surface area contributed by atoms with Crippen molar-refractivity contribution in [3.63, 3.8) is 0 Å². The predicted molar refractivity (Wildman–Crippen MR) is 130 cm³/mol. The molecule has 0 unspecified atom stereocenters. The summed E-state index contributed by atoms with van der Waals surface area (Å²) in [6, 6.07) is 4.30. The number of ether oxygens (including phenoxy) is 2. The van der Waals surface area contributed by atoms with Crippen LogP contribution in [-0.2, 0) is 6.42 Å². The highest BCUT2D eigenvalue weighted by molar-refractivity contribution is 9.09. The molecule has 1 N–H and O–H groups in total. The molecule has 0 fully saturated rings. The summed E-state index contributed by atoms with van der Waals surface area (Å²) in [6.07, 6.45) is 12.8. The second-order valence-electron chi connectivity index (χ2n) is 7.62. The molecule has 1 aliphatic carbocycles. The molecule has 0 spiro atoms. The van der Waals surface area contributed by atoms with E-state index in [2.05, 4.69) is 59.9 Å². The Morgan fingerprint density at radius 2 is 2.10 bits per heavy atom. The number of alkyl halides is 1. The van der Waals surface area contributed by atoms with Gasteiger partial charge in [-0.1, -0.05) is 53.9 Å². The Hall–Kier alpha value is -1.33. The highest BCUT2D eigenvalue weighted by Crippen LogP contribution is 2.43. The van der Waals surface area contributed by atoms with Gasteiger partial charge >= 0.3 is 0 Å². The molecule has 5 heteroatoms. The van der Waals surface area contributed by atoms with E-state index < -0.39 is 0 Å². The molecular formula is C24H34BrNO2S. The van der Waals surface area contributed by atoms with Gasteiger partial charge in [0.1, 0.15) is 11.5 Å². The van der Waals surface area contributed by atoms with Crippen molar-refractivity contribution in [2.24, 2.45) is 0 Å². The van der Waals surface area contributed by atoms with E-state index in [1.807, 2.05) is 0 Å². The van der Waals surface area contributed by atoms with Gasteiger partial charge in [-0.05, 0) is 75.4 Å². The molecular weight excluding hydrogens is 446 g/mol. The first-order valence-electron chi connectivity index (χ1n) is 10.7. The molecule has 0 aliphatic heterocycles. The van der Waals surface area contributed by atoms with Gasteiger partial charge in [-0.15, -0.1) is 0 Å². The maximum atomic E-state index is 6.18. The summed E-state index contributed by atoms with van der Waals surface area (Å²) in [5.41, 5.74) is 3.71. The molecule has 1 aromatic carbocycles. The SMILES string of the molecule is C=COc1cc(CCCCC)cc(OC(=S)NCCCBr)c1[C@@H]1C=C(C)CCC1. The van der Waals surface area contributed by atoms with Crippen molar-refractivity contribution in [3.8, 4) is 11.5 Å². The van der Waals surface area contributed by atoms with E-state index in [9.17, 15) is 0 Å². The van der Waals surface area contributed by atoms with Crippen LogP contribution in [0.1, 0.15) is 75.8 Å². The Morgan fingerprint density at radius 3 is 2.79 bits per heavy atom. The van der Waals surface area contributed by atoms with Crippen LogP contribution in [0.5, 0.6) is 11.5 Å². The van der Waals surface area contributed by atoms with Gasteiger partial charge in [0.05, 0.1) is 6.26 Å². The average Bonchev–Trinajstić information content (AvgIpc) is 2.68. The monoisotopic (exact) mass is 479 g/mol. The number of benzene rings is 1. The number of unbranched alkanes of at least 4 members (excludes halogenated alkanes) is 2. The summed E-state index contributed by atoms with van der Waals surface area (Å²) in [5, 5.41) is 4.55. The first-order chi connectivity index (χ1) is 14.1. The summed E-state index contributed by atoms with van der Waals surface area (Å²) in [4.78, 5) is 0. The number of hydrogen-bond acceptors (Lipinski definition) is 3. The summed E-state index contributed by atoms with van der Waals surface area (Å²) in [5.74, 6) is 1.91. The van der Waals surface area contributed by atoms with Crippen LogP contribution in [0.25, 0.3) is 0 Å². The number of rotatable bonds is 11. The molecule has 0 saturated heterocycles. The van der Waals surface area contributed by atoms with E-state index >= 15 is 0 Å². The van der Waals surface area contributed by atoms with E-state index in [1.165, 1.54) is 36.7 Å². The fraction of sp³-hybridized carbons (Fsp3) is 0.542. The topological polar surface area (TPSA) is 30.5 Å². The van der Waals surface area contributed by atoms with E-state index in [0.29, 0.717) is 5.17 Å².